The van der Waals surface area contributed by atoms with Crippen LogP contribution in [0.25, 0.3) is 0 Å². The smallest absolute Gasteiger partial charge is 0.222 e. The lowest BCUT2D eigenvalue weighted by molar-refractivity contribution is -0.137. The van der Waals surface area contributed by atoms with Crippen molar-refractivity contribution in [1.82, 2.24) is 4.90 Å². The van der Waals surface area contributed by atoms with Crippen LogP contribution >= 0.6 is 0 Å². The summed E-state index contributed by atoms with van der Waals surface area (Å²) in [5.41, 5.74) is 0. The Morgan fingerprint density at radius 3 is 2.11 bits per heavy atom. The quantitative estimate of drug-likeness (QED) is 0.677. The minimum Gasteiger partial charge on any atom is -0.342 e. The predicted octanol–water partition coefficient (Wildman–Crippen LogP) is 3.28. The summed E-state index contributed by atoms with van der Waals surface area (Å²) in [5.74, 6) is 2.44. The zero-order valence-electron chi connectivity index (χ0n) is 12.9. The monoisotopic (exact) mass is 267 g/mol. The fourth-order valence-corrected chi connectivity index (χ4v) is 2.80. The average Bonchev–Trinajstić information content (AvgIpc) is 2.29. The minimum absolute atomic E-state index is 0.279. The van der Waals surface area contributed by atoms with Gasteiger partial charge in [-0.15, -0.1) is 0 Å². The maximum Gasteiger partial charge on any atom is 0.222 e. The van der Waals surface area contributed by atoms with Crippen LogP contribution in [0, 0.1) is 17.8 Å². The number of hydrogen-bond donors (Lipinski definition) is 0. The maximum atomic E-state index is 11.9. The van der Waals surface area contributed by atoms with Crippen molar-refractivity contribution in [1.29, 1.82) is 0 Å². The maximum absolute atomic E-state index is 11.9. The summed E-state index contributed by atoms with van der Waals surface area (Å²) >= 11 is 0. The van der Waals surface area contributed by atoms with Gasteiger partial charge in [0.15, 0.2) is 0 Å². The Kier molecular flexibility index (Phi) is 6.53. The molecule has 1 amide bonds. The summed E-state index contributed by atoms with van der Waals surface area (Å²) in [5, 5.41) is 0. The number of ketones is 1. The second-order valence-corrected chi connectivity index (χ2v) is 6.63. The molecule has 2 unspecified atom stereocenters. The topological polar surface area (TPSA) is 37.4 Å². The standard InChI is InChI=1S/C16H29NO2/c1-12(5-7-15(4)18)9-13(2)6-8-16(19)17-10-14(3)11-17/h12-14H,5-11H2,1-4H3. The van der Waals surface area contributed by atoms with Crippen molar-refractivity contribution in [3.8, 4) is 0 Å². The molecule has 1 aliphatic rings. The molecule has 0 spiro atoms. The van der Waals surface area contributed by atoms with Gasteiger partial charge in [0, 0.05) is 25.9 Å². The van der Waals surface area contributed by atoms with Gasteiger partial charge in [-0.1, -0.05) is 20.8 Å². The number of carbonyl (C=O) groups excluding carboxylic acids is 2. The van der Waals surface area contributed by atoms with Gasteiger partial charge in [0.1, 0.15) is 5.78 Å². The van der Waals surface area contributed by atoms with Gasteiger partial charge in [-0.3, -0.25) is 4.79 Å². The van der Waals surface area contributed by atoms with Gasteiger partial charge in [0.2, 0.25) is 5.91 Å². The van der Waals surface area contributed by atoms with Crippen molar-refractivity contribution in [2.24, 2.45) is 17.8 Å². The van der Waals surface area contributed by atoms with Crippen molar-refractivity contribution in [3.63, 3.8) is 0 Å². The van der Waals surface area contributed by atoms with E-state index in [0.29, 0.717) is 36.5 Å². The Hall–Kier alpha value is -0.860. The van der Waals surface area contributed by atoms with Crippen molar-refractivity contribution in [2.75, 3.05) is 13.1 Å². The van der Waals surface area contributed by atoms with Crippen LogP contribution in [0.5, 0.6) is 0 Å². The van der Waals surface area contributed by atoms with E-state index in [1.807, 2.05) is 4.90 Å². The molecule has 0 N–H and O–H groups in total. The van der Waals surface area contributed by atoms with Crippen LogP contribution < -0.4 is 0 Å². The molecule has 0 saturated carbocycles. The van der Waals surface area contributed by atoms with Crippen molar-refractivity contribution >= 4 is 11.7 Å². The SMILES string of the molecule is CC(=O)CCC(C)CC(C)CCC(=O)N1CC(C)C1. The molecule has 110 valence electrons. The lowest BCUT2D eigenvalue weighted by Gasteiger charge is -2.37. The molecule has 1 saturated heterocycles. The highest BCUT2D eigenvalue weighted by atomic mass is 16.2. The van der Waals surface area contributed by atoms with Crippen LogP contribution in [0.4, 0.5) is 0 Å². The molecule has 0 radical (unpaired) electrons. The highest BCUT2D eigenvalue weighted by molar-refractivity contribution is 5.77. The van der Waals surface area contributed by atoms with E-state index in [-0.39, 0.29) is 5.78 Å². The van der Waals surface area contributed by atoms with E-state index in [4.69, 9.17) is 0 Å². The van der Waals surface area contributed by atoms with Gasteiger partial charge in [-0.2, -0.15) is 0 Å². The zero-order valence-corrected chi connectivity index (χ0v) is 12.9. The molecule has 0 aromatic rings. The number of nitrogens with zero attached hydrogens (tertiary/aromatic N) is 1. The molecule has 3 heteroatoms. The van der Waals surface area contributed by atoms with E-state index in [1.165, 1.54) is 0 Å². The third kappa shape index (κ3) is 6.22. The Balaban J connectivity index is 2.11. The van der Waals surface area contributed by atoms with Gasteiger partial charge >= 0.3 is 0 Å². The number of hydrogen-bond acceptors (Lipinski definition) is 2. The molecule has 1 heterocycles. The first-order valence-electron chi connectivity index (χ1n) is 7.65. The molecule has 19 heavy (non-hydrogen) atoms. The Morgan fingerprint density at radius 2 is 1.63 bits per heavy atom. The molecule has 0 aliphatic carbocycles. The van der Waals surface area contributed by atoms with E-state index >= 15 is 0 Å². The van der Waals surface area contributed by atoms with Crippen molar-refractivity contribution in [3.05, 3.63) is 0 Å². The first kappa shape index (κ1) is 16.2. The molecule has 2 atom stereocenters. The predicted molar refractivity (Wildman–Crippen MR) is 77.8 cm³/mol. The Morgan fingerprint density at radius 1 is 1.11 bits per heavy atom. The average molecular weight is 267 g/mol. The van der Waals surface area contributed by atoms with Gasteiger partial charge < -0.3 is 9.69 Å². The summed E-state index contributed by atoms with van der Waals surface area (Å²) in [7, 11) is 0. The molecule has 1 aliphatic heterocycles. The second kappa shape index (κ2) is 7.66. The van der Waals surface area contributed by atoms with Crippen molar-refractivity contribution in [2.45, 2.75) is 59.8 Å². The Bertz CT molecular complexity index is 308. The van der Waals surface area contributed by atoms with Crippen LogP contribution in [-0.2, 0) is 9.59 Å². The largest absolute Gasteiger partial charge is 0.342 e. The summed E-state index contributed by atoms with van der Waals surface area (Å²) in [6, 6.07) is 0. The number of Topliss-reactive ketones (excluding diaryl/α,β-unsaturated/α-hetero) is 1. The minimum atomic E-state index is 0.279. The molecule has 1 rings (SSSR count). The van der Waals surface area contributed by atoms with E-state index < -0.39 is 0 Å². The highest BCUT2D eigenvalue weighted by Crippen LogP contribution is 2.22. The summed E-state index contributed by atoms with van der Waals surface area (Å²) < 4.78 is 0. The van der Waals surface area contributed by atoms with Gasteiger partial charge in [0.25, 0.3) is 0 Å². The number of amides is 1. The van der Waals surface area contributed by atoms with Crippen LogP contribution in [0.2, 0.25) is 0 Å². The lowest BCUT2D eigenvalue weighted by atomic mass is 9.90. The zero-order chi connectivity index (χ0) is 14.4. The van der Waals surface area contributed by atoms with Crippen LogP contribution in [0.3, 0.4) is 0 Å². The molecule has 0 aromatic carbocycles. The van der Waals surface area contributed by atoms with Gasteiger partial charge in [-0.25, -0.2) is 0 Å². The van der Waals surface area contributed by atoms with E-state index in [9.17, 15) is 9.59 Å². The number of carbonyl (C=O) groups is 2. The summed E-state index contributed by atoms with van der Waals surface area (Å²) in [6.07, 6.45) is 4.47. The fraction of sp³-hybridized carbons (Fsp3) is 0.875. The van der Waals surface area contributed by atoms with Crippen LogP contribution in [0.15, 0.2) is 0 Å². The third-order valence-electron chi connectivity index (χ3n) is 4.06. The number of rotatable bonds is 8. The third-order valence-corrected chi connectivity index (χ3v) is 4.06. The van der Waals surface area contributed by atoms with Crippen molar-refractivity contribution < 1.29 is 9.59 Å². The van der Waals surface area contributed by atoms with Gasteiger partial charge in [0.05, 0.1) is 0 Å². The van der Waals surface area contributed by atoms with E-state index in [0.717, 1.165) is 32.4 Å². The molecular formula is C16H29NO2. The molecule has 0 aromatic heterocycles. The molecule has 1 fully saturated rings. The molecular weight excluding hydrogens is 238 g/mol. The van der Waals surface area contributed by atoms with E-state index in [1.54, 1.807) is 6.92 Å². The summed E-state index contributed by atoms with van der Waals surface area (Å²) in [4.78, 5) is 24.8. The second-order valence-electron chi connectivity index (χ2n) is 6.63. The van der Waals surface area contributed by atoms with E-state index in [2.05, 4.69) is 20.8 Å². The first-order valence-corrected chi connectivity index (χ1v) is 7.65. The van der Waals surface area contributed by atoms with Crippen LogP contribution in [0.1, 0.15) is 59.8 Å². The molecule has 3 nitrogen and oxygen atoms in total. The van der Waals surface area contributed by atoms with Crippen LogP contribution in [-0.4, -0.2) is 29.7 Å². The van der Waals surface area contributed by atoms with Gasteiger partial charge in [-0.05, 0) is 43.9 Å². The number of likely N-dealkylation sites (tertiary alicyclic amines) is 1. The highest BCUT2D eigenvalue weighted by Gasteiger charge is 2.26. The fourth-order valence-electron chi connectivity index (χ4n) is 2.80. The lowest BCUT2D eigenvalue weighted by Crippen LogP contribution is -2.48. The summed E-state index contributed by atoms with van der Waals surface area (Å²) in [6.45, 7) is 10.2. The Labute approximate surface area is 117 Å². The first-order chi connectivity index (χ1) is 8.88. The molecule has 0 bridgehead atoms. The normalized spacial score (nSPS) is 18.8.